The fraction of sp³-hybridized carbons (Fsp3) is 0.417. The third kappa shape index (κ3) is 7.29. The van der Waals surface area contributed by atoms with Crippen LogP contribution in [-0.4, -0.2) is 47.9 Å². The molecule has 0 aliphatic carbocycles. The number of nitrogens with one attached hydrogen (secondary N) is 1. The summed E-state index contributed by atoms with van der Waals surface area (Å²) in [6.45, 7) is 6.58. The van der Waals surface area contributed by atoms with Gasteiger partial charge < -0.3 is 24.4 Å². The topological polar surface area (TPSA) is 77.1 Å². The highest BCUT2D eigenvalue weighted by atomic mass is 16.6. The number of carbonyl (C=O) groups excluding carboxylic acids is 2. The second-order valence-electron chi connectivity index (χ2n) is 8.53. The number of hydrogen-bond donors (Lipinski definition) is 1. The van der Waals surface area contributed by atoms with Crippen LogP contribution in [0.5, 0.6) is 0 Å². The summed E-state index contributed by atoms with van der Waals surface area (Å²) in [7, 11) is 0. The van der Waals surface area contributed by atoms with Gasteiger partial charge in [-0.1, -0.05) is 60.7 Å². The van der Waals surface area contributed by atoms with Gasteiger partial charge in [-0.3, -0.25) is 0 Å². The maximum absolute atomic E-state index is 12.6. The quantitative estimate of drug-likeness (QED) is 0.752. The van der Waals surface area contributed by atoms with Crippen LogP contribution in [0.15, 0.2) is 60.7 Å². The molecule has 2 aromatic carbocycles. The molecule has 2 amide bonds. The van der Waals surface area contributed by atoms with Crippen molar-refractivity contribution in [1.29, 1.82) is 0 Å². The van der Waals surface area contributed by atoms with E-state index in [4.69, 9.17) is 14.2 Å². The molecule has 0 aromatic heterocycles. The molecule has 0 bridgehead atoms. The van der Waals surface area contributed by atoms with E-state index in [9.17, 15) is 9.59 Å². The van der Waals surface area contributed by atoms with E-state index in [2.05, 4.69) is 5.32 Å². The average Bonchev–Trinajstić information content (AvgIpc) is 3.13. The van der Waals surface area contributed by atoms with Gasteiger partial charge in [0.25, 0.3) is 0 Å². The predicted molar refractivity (Wildman–Crippen MR) is 116 cm³/mol. The van der Waals surface area contributed by atoms with Crippen molar-refractivity contribution in [2.75, 3.05) is 13.1 Å². The van der Waals surface area contributed by atoms with Crippen LogP contribution in [0.3, 0.4) is 0 Å². The molecule has 0 spiro atoms. The van der Waals surface area contributed by atoms with Crippen LogP contribution in [-0.2, 0) is 27.4 Å². The van der Waals surface area contributed by atoms with Crippen LogP contribution < -0.4 is 5.32 Å². The summed E-state index contributed by atoms with van der Waals surface area (Å²) in [5.41, 5.74) is 1.32. The minimum Gasteiger partial charge on any atom is -0.445 e. The molecule has 7 nitrogen and oxygen atoms in total. The first kappa shape index (κ1) is 22.6. The lowest BCUT2D eigenvalue weighted by molar-refractivity contribution is 0.0204. The lowest BCUT2D eigenvalue weighted by Crippen LogP contribution is -2.46. The molecule has 1 fully saturated rings. The molecule has 166 valence electrons. The molecular weight excluding hydrogens is 396 g/mol. The Hall–Kier alpha value is -3.06. The first-order valence-electron chi connectivity index (χ1n) is 10.4. The standard InChI is InChI=1S/C24H30N2O5/c1-24(2,3)31-22(27)25-20-14-26(23(28)30-17-19-12-8-5-9-13-19)15-21(20)29-16-18-10-6-4-7-11-18/h4-13,20-21H,14-17H2,1-3H3,(H,25,27). The van der Waals surface area contributed by atoms with Crippen molar-refractivity contribution in [3.05, 3.63) is 71.8 Å². The lowest BCUT2D eigenvalue weighted by Gasteiger charge is -2.24. The van der Waals surface area contributed by atoms with Crippen molar-refractivity contribution in [1.82, 2.24) is 10.2 Å². The molecule has 2 atom stereocenters. The zero-order valence-corrected chi connectivity index (χ0v) is 18.2. The van der Waals surface area contributed by atoms with Gasteiger partial charge >= 0.3 is 12.2 Å². The predicted octanol–water partition coefficient (Wildman–Crippen LogP) is 4.12. The van der Waals surface area contributed by atoms with Gasteiger partial charge in [-0.25, -0.2) is 9.59 Å². The molecule has 2 aromatic rings. The molecule has 1 saturated heterocycles. The summed E-state index contributed by atoms with van der Waals surface area (Å²) < 4.78 is 16.9. The van der Waals surface area contributed by atoms with Crippen molar-refractivity contribution in [3.8, 4) is 0 Å². The van der Waals surface area contributed by atoms with E-state index in [1.54, 1.807) is 25.7 Å². The van der Waals surface area contributed by atoms with Crippen LogP contribution in [0.2, 0.25) is 0 Å². The average molecular weight is 427 g/mol. The van der Waals surface area contributed by atoms with Crippen molar-refractivity contribution in [2.24, 2.45) is 0 Å². The SMILES string of the molecule is CC(C)(C)OC(=O)NC1CN(C(=O)OCc2ccccc2)CC1OCc1ccccc1. The first-order chi connectivity index (χ1) is 14.8. The largest absolute Gasteiger partial charge is 0.445 e. The number of carbonyl (C=O) groups is 2. The molecule has 3 rings (SSSR count). The second kappa shape index (κ2) is 10.3. The van der Waals surface area contributed by atoms with Crippen LogP contribution >= 0.6 is 0 Å². The first-order valence-corrected chi connectivity index (χ1v) is 10.4. The van der Waals surface area contributed by atoms with Crippen LogP contribution in [0.4, 0.5) is 9.59 Å². The summed E-state index contributed by atoms with van der Waals surface area (Å²) in [6.07, 6.45) is -1.35. The molecule has 0 saturated carbocycles. The van der Waals surface area contributed by atoms with Gasteiger partial charge in [0.1, 0.15) is 12.2 Å². The molecule has 1 heterocycles. The summed E-state index contributed by atoms with van der Waals surface area (Å²) in [6, 6.07) is 18.9. The number of likely N-dealkylation sites (tertiary alicyclic amines) is 1. The zero-order chi connectivity index (χ0) is 22.3. The van der Waals surface area contributed by atoms with Gasteiger partial charge in [-0.05, 0) is 31.9 Å². The minimum atomic E-state index is -0.614. The maximum Gasteiger partial charge on any atom is 0.410 e. The van der Waals surface area contributed by atoms with Gasteiger partial charge in [0, 0.05) is 6.54 Å². The summed E-state index contributed by atoms with van der Waals surface area (Å²) in [4.78, 5) is 26.5. The number of amides is 2. The lowest BCUT2D eigenvalue weighted by atomic mass is 10.2. The molecule has 1 aliphatic heterocycles. The normalized spacial score (nSPS) is 18.5. The second-order valence-corrected chi connectivity index (χ2v) is 8.53. The smallest absolute Gasteiger partial charge is 0.410 e. The Labute approximate surface area is 183 Å². The highest BCUT2D eigenvalue weighted by Crippen LogP contribution is 2.18. The number of ether oxygens (including phenoxy) is 3. The van der Waals surface area contributed by atoms with Gasteiger partial charge in [0.05, 0.1) is 25.3 Å². The highest BCUT2D eigenvalue weighted by molar-refractivity contribution is 5.70. The van der Waals surface area contributed by atoms with Gasteiger partial charge in [0.15, 0.2) is 0 Å². The molecule has 2 unspecified atom stereocenters. The van der Waals surface area contributed by atoms with Crippen LogP contribution in [0.25, 0.3) is 0 Å². The zero-order valence-electron chi connectivity index (χ0n) is 18.2. The Kier molecular flexibility index (Phi) is 7.52. The van der Waals surface area contributed by atoms with Crippen LogP contribution in [0, 0.1) is 0 Å². The third-order valence-corrected chi connectivity index (χ3v) is 4.74. The van der Waals surface area contributed by atoms with E-state index in [1.165, 1.54) is 0 Å². The van der Waals surface area contributed by atoms with E-state index >= 15 is 0 Å². The van der Waals surface area contributed by atoms with Gasteiger partial charge in [-0.15, -0.1) is 0 Å². The monoisotopic (exact) mass is 426 g/mol. The Morgan fingerprint density at radius 1 is 0.935 bits per heavy atom. The fourth-order valence-electron chi connectivity index (χ4n) is 3.28. The molecular formula is C24H30N2O5. The van der Waals surface area contributed by atoms with E-state index in [0.717, 1.165) is 11.1 Å². The Bertz CT molecular complexity index is 851. The maximum atomic E-state index is 12.6. The van der Waals surface area contributed by atoms with E-state index in [0.29, 0.717) is 13.2 Å². The van der Waals surface area contributed by atoms with E-state index < -0.39 is 23.8 Å². The van der Waals surface area contributed by atoms with Crippen molar-refractivity contribution >= 4 is 12.2 Å². The van der Waals surface area contributed by atoms with Crippen molar-refractivity contribution in [2.45, 2.75) is 51.7 Å². The summed E-state index contributed by atoms with van der Waals surface area (Å²) in [5, 5.41) is 2.84. The number of hydrogen-bond acceptors (Lipinski definition) is 5. The molecule has 0 radical (unpaired) electrons. The summed E-state index contributed by atoms with van der Waals surface area (Å²) in [5.74, 6) is 0. The number of rotatable bonds is 6. The summed E-state index contributed by atoms with van der Waals surface area (Å²) >= 11 is 0. The number of benzene rings is 2. The van der Waals surface area contributed by atoms with Crippen LogP contribution in [0.1, 0.15) is 31.9 Å². The molecule has 31 heavy (non-hydrogen) atoms. The van der Waals surface area contributed by atoms with E-state index in [1.807, 2.05) is 60.7 Å². The molecule has 1 aliphatic rings. The Balaban J connectivity index is 1.60. The van der Waals surface area contributed by atoms with Gasteiger partial charge in [-0.2, -0.15) is 0 Å². The number of nitrogens with zero attached hydrogens (tertiary/aromatic N) is 1. The van der Waals surface area contributed by atoms with Crippen molar-refractivity contribution < 1.29 is 23.8 Å². The number of alkyl carbamates (subject to hydrolysis) is 1. The molecule has 7 heteroatoms. The Morgan fingerprint density at radius 3 is 2.10 bits per heavy atom. The highest BCUT2D eigenvalue weighted by Gasteiger charge is 2.38. The van der Waals surface area contributed by atoms with Crippen molar-refractivity contribution in [3.63, 3.8) is 0 Å². The third-order valence-electron chi connectivity index (χ3n) is 4.74. The molecule has 1 N–H and O–H groups in total. The fourth-order valence-corrected chi connectivity index (χ4v) is 3.28. The Morgan fingerprint density at radius 2 is 1.52 bits per heavy atom. The van der Waals surface area contributed by atoms with Gasteiger partial charge in [0.2, 0.25) is 0 Å². The minimum absolute atomic E-state index is 0.190. The van der Waals surface area contributed by atoms with E-state index in [-0.39, 0.29) is 19.3 Å².